The van der Waals surface area contributed by atoms with E-state index < -0.39 is 0 Å². The van der Waals surface area contributed by atoms with Crippen molar-refractivity contribution < 1.29 is 0 Å². The van der Waals surface area contributed by atoms with E-state index in [1.807, 2.05) is 0 Å². The Hall–Kier alpha value is -5.86. The highest BCUT2D eigenvalue weighted by molar-refractivity contribution is 6.24. The Kier molecular flexibility index (Phi) is 8.77. The fraction of sp³-hybridized carbons (Fsp3) is 0.160. The number of hydrogen-bond donors (Lipinski definition) is 0. The molecule has 2 nitrogen and oxygen atoms in total. The number of benzene rings is 8. The van der Waals surface area contributed by atoms with Gasteiger partial charge >= 0.3 is 0 Å². The highest BCUT2D eigenvalue weighted by atomic mass is 15.1. The Labute approximate surface area is 308 Å². The van der Waals surface area contributed by atoms with E-state index >= 15 is 0 Å². The van der Waals surface area contributed by atoms with E-state index in [9.17, 15) is 0 Å². The van der Waals surface area contributed by atoms with Gasteiger partial charge in [-0.25, -0.2) is 0 Å². The average Bonchev–Trinajstić information content (AvgIpc) is 3.17. The molecule has 0 saturated heterocycles. The molecule has 8 aromatic carbocycles. The van der Waals surface area contributed by atoms with Gasteiger partial charge in [0, 0.05) is 33.5 Å². The number of hydrogen-bond acceptors (Lipinski definition) is 2. The van der Waals surface area contributed by atoms with Crippen LogP contribution in [0.3, 0.4) is 0 Å². The van der Waals surface area contributed by atoms with Gasteiger partial charge in [-0.05, 0) is 119 Å². The average molecular weight is 675 g/mol. The highest BCUT2D eigenvalue weighted by Crippen LogP contribution is 2.47. The van der Waals surface area contributed by atoms with Crippen molar-refractivity contribution in [3.63, 3.8) is 0 Å². The molecule has 0 aliphatic carbocycles. The second kappa shape index (κ2) is 13.7. The van der Waals surface area contributed by atoms with Crippen molar-refractivity contribution in [1.29, 1.82) is 0 Å². The third-order valence-corrected chi connectivity index (χ3v) is 10.5. The molecule has 0 bridgehead atoms. The molecule has 0 fully saturated rings. The van der Waals surface area contributed by atoms with Crippen LogP contribution in [-0.4, -0.2) is 0 Å². The standard InChI is InChI=1S/C50H46N2/c1-33(2)37-19-27-41(28-20-37)51(39-23-15-35(5)16-24-39)49-31-47-44-12-8-10-14-46(44)50(32-48(47)43-11-7-9-13-45(43)49)52(40-25-17-36(6)18-26-40)42-29-21-38(22-30-42)34(3)4/h7-34H,1-6H3. The Bertz CT molecular complexity index is 2330. The number of nitrogens with zero attached hydrogens (tertiary/aromatic N) is 2. The van der Waals surface area contributed by atoms with Gasteiger partial charge in [-0.2, -0.15) is 0 Å². The molecule has 0 heterocycles. The van der Waals surface area contributed by atoms with Crippen molar-refractivity contribution in [3.8, 4) is 0 Å². The topological polar surface area (TPSA) is 6.48 Å². The first-order valence-electron chi connectivity index (χ1n) is 18.6. The summed E-state index contributed by atoms with van der Waals surface area (Å²) in [4.78, 5) is 4.87. The Balaban J connectivity index is 1.42. The van der Waals surface area contributed by atoms with Crippen LogP contribution < -0.4 is 9.80 Å². The van der Waals surface area contributed by atoms with Gasteiger partial charge < -0.3 is 9.80 Å². The molecule has 0 amide bonds. The van der Waals surface area contributed by atoms with Crippen LogP contribution in [-0.2, 0) is 0 Å². The smallest absolute Gasteiger partial charge is 0.0546 e. The van der Waals surface area contributed by atoms with Crippen molar-refractivity contribution in [2.45, 2.75) is 53.4 Å². The molecule has 0 atom stereocenters. The van der Waals surface area contributed by atoms with Crippen LogP contribution in [0.4, 0.5) is 34.1 Å². The fourth-order valence-corrected chi connectivity index (χ4v) is 7.54. The largest absolute Gasteiger partial charge is 0.310 e. The zero-order valence-corrected chi connectivity index (χ0v) is 31.1. The third kappa shape index (κ3) is 6.09. The second-order valence-electron chi connectivity index (χ2n) is 14.8. The van der Waals surface area contributed by atoms with E-state index in [4.69, 9.17) is 0 Å². The molecule has 0 N–H and O–H groups in total. The van der Waals surface area contributed by atoms with Gasteiger partial charge in [-0.1, -0.05) is 136 Å². The van der Waals surface area contributed by atoms with E-state index in [1.165, 1.54) is 65.9 Å². The molecular weight excluding hydrogens is 629 g/mol. The maximum absolute atomic E-state index is 2.43. The van der Waals surface area contributed by atoms with Crippen LogP contribution in [0.5, 0.6) is 0 Å². The van der Waals surface area contributed by atoms with E-state index in [0.717, 1.165) is 22.7 Å². The number of aryl methyl sites for hydroxylation is 2. The van der Waals surface area contributed by atoms with Crippen molar-refractivity contribution >= 4 is 66.4 Å². The Morgan fingerprint density at radius 3 is 0.923 bits per heavy atom. The minimum absolute atomic E-state index is 0.469. The molecule has 52 heavy (non-hydrogen) atoms. The Morgan fingerprint density at radius 1 is 0.327 bits per heavy atom. The Morgan fingerprint density at radius 2 is 0.615 bits per heavy atom. The molecule has 0 unspecified atom stereocenters. The van der Waals surface area contributed by atoms with Crippen LogP contribution in [0.2, 0.25) is 0 Å². The first kappa shape index (κ1) is 33.3. The lowest BCUT2D eigenvalue weighted by atomic mass is 9.93. The van der Waals surface area contributed by atoms with Crippen LogP contribution in [0.15, 0.2) is 158 Å². The van der Waals surface area contributed by atoms with Gasteiger partial charge in [0.2, 0.25) is 0 Å². The number of anilines is 6. The van der Waals surface area contributed by atoms with Crippen LogP contribution in [0.25, 0.3) is 32.3 Å². The predicted octanol–water partition coefficient (Wildman–Crippen LogP) is 14.9. The summed E-state index contributed by atoms with van der Waals surface area (Å²) in [6.07, 6.45) is 0. The zero-order chi connectivity index (χ0) is 35.9. The second-order valence-corrected chi connectivity index (χ2v) is 14.8. The van der Waals surface area contributed by atoms with E-state index in [-0.39, 0.29) is 0 Å². The van der Waals surface area contributed by atoms with Crippen LogP contribution in [0.1, 0.15) is 61.8 Å². The van der Waals surface area contributed by atoms with Gasteiger partial charge in [-0.3, -0.25) is 0 Å². The van der Waals surface area contributed by atoms with E-state index in [1.54, 1.807) is 0 Å². The molecule has 0 spiro atoms. The summed E-state index contributed by atoms with van der Waals surface area (Å²) in [6, 6.07) is 58.7. The van der Waals surface area contributed by atoms with Crippen molar-refractivity contribution in [3.05, 3.63) is 180 Å². The molecule has 256 valence electrons. The van der Waals surface area contributed by atoms with E-state index in [2.05, 4.69) is 209 Å². The van der Waals surface area contributed by atoms with Gasteiger partial charge in [0.1, 0.15) is 0 Å². The third-order valence-electron chi connectivity index (χ3n) is 10.5. The lowest BCUT2D eigenvalue weighted by Crippen LogP contribution is -2.12. The molecule has 8 aromatic rings. The molecular formula is C50H46N2. The summed E-state index contributed by atoms with van der Waals surface area (Å²) in [5.74, 6) is 0.938. The number of fused-ring (bicyclic) bond motifs is 5. The molecule has 0 radical (unpaired) electrons. The minimum Gasteiger partial charge on any atom is -0.310 e. The van der Waals surface area contributed by atoms with Gasteiger partial charge in [-0.15, -0.1) is 0 Å². The maximum atomic E-state index is 2.43. The number of rotatable bonds is 8. The zero-order valence-electron chi connectivity index (χ0n) is 31.1. The first-order valence-corrected chi connectivity index (χ1v) is 18.6. The molecule has 0 aliphatic heterocycles. The minimum atomic E-state index is 0.469. The lowest BCUT2D eigenvalue weighted by Gasteiger charge is -2.30. The summed E-state index contributed by atoms with van der Waals surface area (Å²) in [7, 11) is 0. The lowest BCUT2D eigenvalue weighted by molar-refractivity contribution is 0.866. The molecule has 2 heteroatoms. The fourth-order valence-electron chi connectivity index (χ4n) is 7.54. The van der Waals surface area contributed by atoms with Gasteiger partial charge in [0.25, 0.3) is 0 Å². The van der Waals surface area contributed by atoms with Gasteiger partial charge in [0.05, 0.1) is 11.4 Å². The van der Waals surface area contributed by atoms with Crippen LogP contribution >= 0.6 is 0 Å². The SMILES string of the molecule is Cc1ccc(N(c2ccc(C(C)C)cc2)c2cc3c4ccccc4c(N(c4ccc(C)cc4)c4ccc(C(C)C)cc4)cc3c3ccccc23)cc1. The van der Waals surface area contributed by atoms with Crippen LogP contribution in [0, 0.1) is 13.8 Å². The van der Waals surface area contributed by atoms with Crippen molar-refractivity contribution in [2.75, 3.05) is 9.80 Å². The van der Waals surface area contributed by atoms with Gasteiger partial charge in [0.15, 0.2) is 0 Å². The van der Waals surface area contributed by atoms with Crippen molar-refractivity contribution in [1.82, 2.24) is 0 Å². The molecule has 8 rings (SSSR count). The summed E-state index contributed by atoms with van der Waals surface area (Å²) in [6.45, 7) is 13.3. The quantitative estimate of drug-likeness (QED) is 0.148. The maximum Gasteiger partial charge on any atom is 0.0546 e. The molecule has 0 aromatic heterocycles. The summed E-state index contributed by atoms with van der Waals surface area (Å²) < 4.78 is 0. The summed E-state index contributed by atoms with van der Waals surface area (Å²) >= 11 is 0. The first-order chi connectivity index (χ1) is 25.3. The molecule has 0 aliphatic rings. The molecule has 0 saturated carbocycles. The monoisotopic (exact) mass is 674 g/mol. The summed E-state index contributed by atoms with van der Waals surface area (Å²) in [5.41, 5.74) is 12.1. The normalized spacial score (nSPS) is 11.6. The van der Waals surface area contributed by atoms with E-state index in [0.29, 0.717) is 11.8 Å². The summed E-state index contributed by atoms with van der Waals surface area (Å²) in [5, 5.41) is 7.38. The highest BCUT2D eigenvalue weighted by Gasteiger charge is 2.22. The predicted molar refractivity (Wildman–Crippen MR) is 226 cm³/mol. The van der Waals surface area contributed by atoms with Crippen molar-refractivity contribution in [2.24, 2.45) is 0 Å².